The number of rotatable bonds is 4. The van der Waals surface area contributed by atoms with Crippen molar-refractivity contribution in [3.8, 4) is 17.1 Å². The number of hydrogen-bond acceptors (Lipinski definition) is 6. The molecule has 2 aromatic heterocycles. The third-order valence-electron chi connectivity index (χ3n) is 3.93. The largest absolute Gasteiger partial charge is 0.497 e. The van der Waals surface area contributed by atoms with Crippen LogP contribution in [-0.4, -0.2) is 27.3 Å². The Morgan fingerprint density at radius 2 is 1.93 bits per heavy atom. The monoisotopic (exact) mass is 381 g/mol. The van der Waals surface area contributed by atoms with E-state index in [4.69, 9.17) is 16.3 Å². The van der Waals surface area contributed by atoms with Crippen molar-refractivity contribution < 1.29 is 9.13 Å². The minimum absolute atomic E-state index is 0.0227. The molecule has 2 aromatic carbocycles. The molecule has 0 aliphatic rings. The Balaban J connectivity index is 1.88. The maximum absolute atomic E-state index is 13.5. The van der Waals surface area contributed by atoms with Crippen LogP contribution in [0.25, 0.3) is 22.3 Å². The second-order valence-corrected chi connectivity index (χ2v) is 6.07. The summed E-state index contributed by atoms with van der Waals surface area (Å²) in [5, 5.41) is 11.6. The molecule has 0 unspecified atom stereocenters. The van der Waals surface area contributed by atoms with Crippen LogP contribution in [0.2, 0.25) is 5.02 Å². The van der Waals surface area contributed by atoms with Gasteiger partial charge in [0.2, 0.25) is 0 Å². The highest BCUT2D eigenvalue weighted by atomic mass is 35.5. The third kappa shape index (κ3) is 3.50. The molecule has 6 nitrogen and oxygen atoms in total. The number of anilines is 2. The molecule has 0 bridgehead atoms. The van der Waals surface area contributed by atoms with Gasteiger partial charge in [-0.3, -0.25) is 0 Å². The van der Waals surface area contributed by atoms with Crippen LogP contribution in [0.5, 0.6) is 5.75 Å². The summed E-state index contributed by atoms with van der Waals surface area (Å²) in [7, 11) is 1.59. The van der Waals surface area contributed by atoms with Gasteiger partial charge in [0, 0.05) is 16.6 Å². The standard InChI is InChI=1S/C19H13ClFN5O/c1-27-13-3-5-17-14(9-13)19(24-12-2-4-16(21)15(20)8-12)26-18(25-17)11-6-7-22-23-10-11/h2-10H,1H3,(H,24,25,26). The van der Waals surface area contributed by atoms with Gasteiger partial charge in [-0.15, -0.1) is 0 Å². The van der Waals surface area contributed by atoms with Crippen molar-refractivity contribution in [1.29, 1.82) is 0 Å². The maximum Gasteiger partial charge on any atom is 0.163 e. The number of hydrogen-bond donors (Lipinski definition) is 1. The highest BCUT2D eigenvalue weighted by Crippen LogP contribution is 2.30. The van der Waals surface area contributed by atoms with E-state index < -0.39 is 5.82 Å². The summed E-state index contributed by atoms with van der Waals surface area (Å²) in [6.45, 7) is 0. The summed E-state index contributed by atoms with van der Waals surface area (Å²) >= 11 is 5.89. The first-order valence-electron chi connectivity index (χ1n) is 7.99. The van der Waals surface area contributed by atoms with Gasteiger partial charge in [0.25, 0.3) is 0 Å². The predicted octanol–water partition coefficient (Wildman–Crippen LogP) is 4.63. The van der Waals surface area contributed by atoms with Crippen LogP contribution in [0.15, 0.2) is 54.9 Å². The smallest absolute Gasteiger partial charge is 0.163 e. The summed E-state index contributed by atoms with van der Waals surface area (Å²) in [6, 6.07) is 11.6. The van der Waals surface area contributed by atoms with Gasteiger partial charge in [0.15, 0.2) is 5.82 Å². The van der Waals surface area contributed by atoms with Gasteiger partial charge in [-0.25, -0.2) is 14.4 Å². The van der Waals surface area contributed by atoms with Crippen LogP contribution in [0.3, 0.4) is 0 Å². The van der Waals surface area contributed by atoms with Gasteiger partial charge >= 0.3 is 0 Å². The molecule has 0 fully saturated rings. The van der Waals surface area contributed by atoms with E-state index in [0.29, 0.717) is 28.6 Å². The molecule has 0 atom stereocenters. The van der Waals surface area contributed by atoms with Crippen molar-refractivity contribution >= 4 is 34.0 Å². The number of nitrogens with zero attached hydrogens (tertiary/aromatic N) is 4. The first-order valence-corrected chi connectivity index (χ1v) is 8.37. The number of ether oxygens (including phenoxy) is 1. The van der Waals surface area contributed by atoms with Gasteiger partial charge in [0.1, 0.15) is 17.4 Å². The van der Waals surface area contributed by atoms with E-state index >= 15 is 0 Å². The Labute approximate surface area is 159 Å². The molecule has 0 radical (unpaired) electrons. The molecule has 2 heterocycles. The van der Waals surface area contributed by atoms with E-state index in [0.717, 1.165) is 10.9 Å². The van der Waals surface area contributed by atoms with E-state index in [9.17, 15) is 4.39 Å². The lowest BCUT2D eigenvalue weighted by molar-refractivity contribution is 0.415. The topological polar surface area (TPSA) is 72.8 Å². The fourth-order valence-corrected chi connectivity index (χ4v) is 2.77. The van der Waals surface area contributed by atoms with Crippen molar-refractivity contribution in [2.45, 2.75) is 0 Å². The molecular formula is C19H13ClFN5O. The van der Waals surface area contributed by atoms with Crippen LogP contribution >= 0.6 is 11.6 Å². The zero-order chi connectivity index (χ0) is 18.8. The van der Waals surface area contributed by atoms with Gasteiger partial charge in [-0.05, 0) is 42.5 Å². The van der Waals surface area contributed by atoms with Crippen LogP contribution in [0.4, 0.5) is 15.9 Å². The lowest BCUT2D eigenvalue weighted by Gasteiger charge is -2.12. The van der Waals surface area contributed by atoms with Crippen molar-refractivity contribution in [2.24, 2.45) is 0 Å². The minimum Gasteiger partial charge on any atom is -0.497 e. The third-order valence-corrected chi connectivity index (χ3v) is 4.22. The van der Waals surface area contributed by atoms with Crippen molar-refractivity contribution in [3.05, 3.63) is 65.7 Å². The van der Waals surface area contributed by atoms with E-state index in [-0.39, 0.29) is 5.02 Å². The number of methoxy groups -OCH3 is 1. The van der Waals surface area contributed by atoms with E-state index in [2.05, 4.69) is 25.5 Å². The number of nitrogens with one attached hydrogen (secondary N) is 1. The molecule has 134 valence electrons. The quantitative estimate of drug-likeness (QED) is 0.555. The van der Waals surface area contributed by atoms with E-state index in [1.807, 2.05) is 18.2 Å². The van der Waals surface area contributed by atoms with Crippen molar-refractivity contribution in [2.75, 3.05) is 12.4 Å². The molecule has 1 N–H and O–H groups in total. The Morgan fingerprint density at radius 1 is 1.04 bits per heavy atom. The number of benzene rings is 2. The van der Waals surface area contributed by atoms with Gasteiger partial charge in [0.05, 0.1) is 30.0 Å². The first-order chi connectivity index (χ1) is 13.1. The predicted molar refractivity (Wildman–Crippen MR) is 102 cm³/mol. The SMILES string of the molecule is COc1ccc2nc(-c3ccnnc3)nc(Nc3ccc(F)c(Cl)c3)c2c1. The second-order valence-electron chi connectivity index (χ2n) is 5.66. The molecule has 0 amide bonds. The van der Waals surface area contributed by atoms with Gasteiger partial charge in [-0.2, -0.15) is 10.2 Å². The lowest BCUT2D eigenvalue weighted by atomic mass is 10.2. The molecule has 4 rings (SSSR count). The molecule has 27 heavy (non-hydrogen) atoms. The lowest BCUT2D eigenvalue weighted by Crippen LogP contribution is -2.00. The first kappa shape index (κ1) is 17.1. The number of aromatic nitrogens is 4. The molecular weight excluding hydrogens is 369 g/mol. The molecule has 0 saturated heterocycles. The van der Waals surface area contributed by atoms with E-state index in [1.54, 1.807) is 31.6 Å². The Kier molecular flexibility index (Phi) is 4.52. The van der Waals surface area contributed by atoms with Crippen molar-refractivity contribution in [3.63, 3.8) is 0 Å². The zero-order valence-electron chi connectivity index (χ0n) is 14.1. The Morgan fingerprint density at radius 3 is 2.67 bits per heavy atom. The highest BCUT2D eigenvalue weighted by molar-refractivity contribution is 6.31. The molecule has 0 aliphatic carbocycles. The summed E-state index contributed by atoms with van der Waals surface area (Å²) in [6.07, 6.45) is 3.16. The molecule has 8 heteroatoms. The van der Waals surface area contributed by atoms with Crippen LogP contribution in [0, 0.1) is 5.82 Å². The zero-order valence-corrected chi connectivity index (χ0v) is 14.9. The van der Waals surface area contributed by atoms with Crippen molar-refractivity contribution in [1.82, 2.24) is 20.2 Å². The summed E-state index contributed by atoms with van der Waals surface area (Å²) in [4.78, 5) is 9.21. The van der Waals surface area contributed by atoms with Crippen LogP contribution in [0.1, 0.15) is 0 Å². The summed E-state index contributed by atoms with van der Waals surface area (Å²) < 4.78 is 18.8. The second kappa shape index (κ2) is 7.13. The number of fused-ring (bicyclic) bond motifs is 1. The molecule has 0 saturated carbocycles. The Hall–Kier alpha value is -3.32. The Bertz CT molecular complexity index is 1120. The maximum atomic E-state index is 13.5. The molecule has 0 aliphatic heterocycles. The summed E-state index contributed by atoms with van der Waals surface area (Å²) in [5.74, 6) is 1.20. The molecule has 0 spiro atoms. The minimum atomic E-state index is -0.486. The average molecular weight is 382 g/mol. The van der Waals surface area contributed by atoms with Crippen LogP contribution < -0.4 is 10.1 Å². The highest BCUT2D eigenvalue weighted by Gasteiger charge is 2.12. The fourth-order valence-electron chi connectivity index (χ4n) is 2.59. The summed E-state index contributed by atoms with van der Waals surface area (Å²) in [5.41, 5.74) is 2.04. The average Bonchev–Trinajstić information content (AvgIpc) is 2.71. The van der Waals surface area contributed by atoms with Gasteiger partial charge < -0.3 is 10.1 Å². The normalized spacial score (nSPS) is 10.8. The van der Waals surface area contributed by atoms with Gasteiger partial charge in [-0.1, -0.05) is 11.6 Å². The fraction of sp³-hybridized carbons (Fsp3) is 0.0526. The van der Waals surface area contributed by atoms with Crippen LogP contribution in [-0.2, 0) is 0 Å². The number of halogens is 2. The van der Waals surface area contributed by atoms with E-state index in [1.165, 1.54) is 12.1 Å². The molecule has 4 aromatic rings.